The molecule has 0 unspecified atom stereocenters. The van der Waals surface area contributed by atoms with Gasteiger partial charge in [0, 0.05) is 32.2 Å². The molecule has 0 saturated carbocycles. The Hall–Kier alpha value is -2.66. The highest BCUT2D eigenvalue weighted by Crippen LogP contribution is 2.22. The summed E-state index contributed by atoms with van der Waals surface area (Å²) in [5.74, 6) is -0.130. The van der Waals surface area contributed by atoms with E-state index in [9.17, 15) is 9.59 Å². The molecule has 1 fully saturated rings. The fourth-order valence-corrected chi connectivity index (χ4v) is 2.82. The highest BCUT2D eigenvalue weighted by atomic mass is 16.2. The molecule has 2 amide bonds. The van der Waals surface area contributed by atoms with Crippen LogP contribution in [-0.4, -0.2) is 48.3 Å². The Labute approximate surface area is 141 Å². The van der Waals surface area contributed by atoms with E-state index in [2.05, 4.69) is 0 Å². The van der Waals surface area contributed by atoms with Crippen molar-refractivity contribution in [2.24, 2.45) is 5.73 Å². The Bertz CT molecular complexity index is 773. The van der Waals surface area contributed by atoms with Crippen molar-refractivity contribution in [2.75, 3.05) is 26.7 Å². The summed E-state index contributed by atoms with van der Waals surface area (Å²) < 4.78 is 0. The van der Waals surface area contributed by atoms with Crippen molar-refractivity contribution < 1.29 is 9.59 Å². The summed E-state index contributed by atoms with van der Waals surface area (Å²) in [5, 5.41) is 0. The average molecular weight is 323 g/mol. The Balaban J connectivity index is 1.85. The van der Waals surface area contributed by atoms with Crippen LogP contribution in [0.1, 0.15) is 15.9 Å². The molecule has 0 aromatic heterocycles. The molecule has 2 aromatic carbocycles. The smallest absolute Gasteiger partial charge is 0.254 e. The fourth-order valence-electron chi connectivity index (χ4n) is 2.82. The summed E-state index contributed by atoms with van der Waals surface area (Å²) in [4.78, 5) is 27.8. The van der Waals surface area contributed by atoms with Gasteiger partial charge in [-0.1, -0.05) is 30.3 Å². The van der Waals surface area contributed by atoms with Gasteiger partial charge in [-0.25, -0.2) is 0 Å². The first-order chi connectivity index (χ1) is 11.6. The minimum atomic E-state index is -0.103. The van der Waals surface area contributed by atoms with Crippen LogP contribution in [0.5, 0.6) is 0 Å². The lowest BCUT2D eigenvalue weighted by molar-refractivity contribution is -0.133. The number of carbonyl (C=O) groups excluding carboxylic acids is 2. The summed E-state index contributed by atoms with van der Waals surface area (Å²) in [5.41, 5.74) is 9.35. The highest BCUT2D eigenvalue weighted by molar-refractivity contribution is 5.98. The molecular formula is C19H21N3O2. The number of nitrogens with two attached hydrogens (primary N) is 1. The van der Waals surface area contributed by atoms with Crippen molar-refractivity contribution in [2.45, 2.75) is 6.54 Å². The molecule has 1 aliphatic heterocycles. The summed E-state index contributed by atoms with van der Waals surface area (Å²) in [7, 11) is 1.76. The van der Waals surface area contributed by atoms with Crippen LogP contribution in [-0.2, 0) is 11.3 Å². The van der Waals surface area contributed by atoms with Crippen LogP contribution >= 0.6 is 0 Å². The number of rotatable bonds is 3. The molecule has 3 rings (SSSR count). The molecule has 5 nitrogen and oxygen atoms in total. The number of piperazine rings is 1. The zero-order valence-electron chi connectivity index (χ0n) is 13.7. The molecular weight excluding hydrogens is 302 g/mol. The molecule has 24 heavy (non-hydrogen) atoms. The monoisotopic (exact) mass is 323 g/mol. The number of hydrogen-bond donors (Lipinski definition) is 1. The van der Waals surface area contributed by atoms with Crippen molar-refractivity contribution in [3.8, 4) is 11.1 Å². The zero-order chi connectivity index (χ0) is 17.1. The number of amides is 2. The van der Waals surface area contributed by atoms with Gasteiger partial charge >= 0.3 is 0 Å². The first kappa shape index (κ1) is 16.2. The molecule has 0 spiro atoms. The first-order valence-electron chi connectivity index (χ1n) is 8.01. The maximum Gasteiger partial charge on any atom is 0.254 e. The minimum absolute atomic E-state index is 0.0265. The Morgan fingerprint density at radius 2 is 1.79 bits per heavy atom. The minimum Gasteiger partial charge on any atom is -0.342 e. The second kappa shape index (κ2) is 6.84. The Morgan fingerprint density at radius 1 is 1.08 bits per heavy atom. The number of benzene rings is 2. The first-order valence-corrected chi connectivity index (χ1v) is 8.01. The lowest BCUT2D eigenvalue weighted by Crippen LogP contribution is -2.50. The number of likely N-dealkylation sites (N-methyl/N-ethyl adjacent to an activating group) is 1. The normalized spacial score (nSPS) is 14.8. The van der Waals surface area contributed by atoms with Crippen molar-refractivity contribution in [3.05, 3.63) is 59.7 Å². The molecule has 1 heterocycles. The van der Waals surface area contributed by atoms with Gasteiger partial charge < -0.3 is 15.5 Å². The Kier molecular flexibility index (Phi) is 4.62. The number of nitrogens with zero attached hydrogens (tertiary/aromatic N) is 2. The van der Waals surface area contributed by atoms with E-state index >= 15 is 0 Å². The van der Waals surface area contributed by atoms with Crippen LogP contribution in [0.2, 0.25) is 0 Å². The van der Waals surface area contributed by atoms with Gasteiger partial charge in [-0.15, -0.1) is 0 Å². The molecule has 5 heteroatoms. The third-order valence-electron chi connectivity index (χ3n) is 4.35. The average Bonchev–Trinajstić information content (AvgIpc) is 2.63. The Morgan fingerprint density at radius 3 is 2.50 bits per heavy atom. The maximum absolute atomic E-state index is 12.7. The number of hydrogen-bond acceptors (Lipinski definition) is 3. The SMILES string of the molecule is CN1CCN(C(=O)c2cccc(-c3cccc(CN)c3)c2)CC1=O. The van der Waals surface area contributed by atoms with Gasteiger partial charge in [-0.2, -0.15) is 0 Å². The molecule has 2 aromatic rings. The standard InChI is InChI=1S/C19H21N3O2/c1-21-8-9-22(13-18(21)23)19(24)17-7-3-6-16(11-17)15-5-2-4-14(10-15)12-20/h2-7,10-11H,8-9,12-13,20H2,1H3. The van der Waals surface area contributed by atoms with Crippen LogP contribution in [0.15, 0.2) is 48.5 Å². The topological polar surface area (TPSA) is 66.6 Å². The largest absolute Gasteiger partial charge is 0.342 e. The molecule has 124 valence electrons. The lowest BCUT2D eigenvalue weighted by atomic mass is 10.0. The van der Waals surface area contributed by atoms with Crippen LogP contribution in [0, 0.1) is 0 Å². The predicted octanol–water partition coefficient (Wildman–Crippen LogP) is 1.73. The summed E-state index contributed by atoms with van der Waals surface area (Å²) in [6, 6.07) is 15.5. The van der Waals surface area contributed by atoms with Gasteiger partial charge in [-0.3, -0.25) is 9.59 Å². The van der Waals surface area contributed by atoms with E-state index in [-0.39, 0.29) is 18.4 Å². The third kappa shape index (κ3) is 3.31. The van der Waals surface area contributed by atoms with Crippen molar-refractivity contribution in [1.29, 1.82) is 0 Å². The molecule has 0 bridgehead atoms. The third-order valence-corrected chi connectivity index (χ3v) is 4.35. The van der Waals surface area contributed by atoms with Gasteiger partial charge in [0.2, 0.25) is 5.91 Å². The summed E-state index contributed by atoms with van der Waals surface area (Å²) >= 11 is 0. The molecule has 2 N–H and O–H groups in total. The van der Waals surface area contributed by atoms with Gasteiger partial charge in [0.1, 0.15) is 6.54 Å². The van der Waals surface area contributed by atoms with E-state index in [0.717, 1.165) is 16.7 Å². The second-order valence-corrected chi connectivity index (χ2v) is 6.03. The molecule has 0 radical (unpaired) electrons. The summed E-state index contributed by atoms with van der Waals surface area (Å²) in [6.07, 6.45) is 0. The zero-order valence-corrected chi connectivity index (χ0v) is 13.7. The quantitative estimate of drug-likeness (QED) is 0.935. The van der Waals surface area contributed by atoms with Gasteiger partial charge in [0.25, 0.3) is 5.91 Å². The predicted molar refractivity (Wildman–Crippen MR) is 93.3 cm³/mol. The van der Waals surface area contributed by atoms with Gasteiger partial charge in [-0.05, 0) is 34.9 Å². The van der Waals surface area contributed by atoms with Crippen molar-refractivity contribution in [3.63, 3.8) is 0 Å². The number of carbonyl (C=O) groups is 2. The van der Waals surface area contributed by atoms with E-state index in [0.29, 0.717) is 25.2 Å². The van der Waals surface area contributed by atoms with Crippen LogP contribution in [0.25, 0.3) is 11.1 Å². The van der Waals surface area contributed by atoms with Crippen LogP contribution in [0.4, 0.5) is 0 Å². The van der Waals surface area contributed by atoms with Gasteiger partial charge in [0.05, 0.1) is 0 Å². The molecule has 1 aliphatic rings. The van der Waals surface area contributed by atoms with Gasteiger partial charge in [0.15, 0.2) is 0 Å². The maximum atomic E-state index is 12.7. The van der Waals surface area contributed by atoms with E-state index in [1.165, 1.54) is 0 Å². The van der Waals surface area contributed by atoms with Crippen LogP contribution < -0.4 is 5.73 Å². The van der Waals surface area contributed by atoms with E-state index in [1.54, 1.807) is 22.9 Å². The van der Waals surface area contributed by atoms with E-state index < -0.39 is 0 Å². The van der Waals surface area contributed by atoms with Crippen molar-refractivity contribution in [1.82, 2.24) is 9.80 Å². The van der Waals surface area contributed by atoms with E-state index in [4.69, 9.17) is 5.73 Å². The van der Waals surface area contributed by atoms with Crippen LogP contribution in [0.3, 0.4) is 0 Å². The molecule has 0 aliphatic carbocycles. The van der Waals surface area contributed by atoms with E-state index in [1.807, 2.05) is 42.5 Å². The lowest BCUT2D eigenvalue weighted by Gasteiger charge is -2.32. The van der Waals surface area contributed by atoms with Crippen molar-refractivity contribution >= 4 is 11.8 Å². The molecule has 1 saturated heterocycles. The summed E-state index contributed by atoms with van der Waals surface area (Å²) in [6.45, 7) is 1.76. The second-order valence-electron chi connectivity index (χ2n) is 6.03. The highest BCUT2D eigenvalue weighted by Gasteiger charge is 2.25. The fraction of sp³-hybridized carbons (Fsp3) is 0.263. The molecule has 0 atom stereocenters.